The van der Waals surface area contributed by atoms with Crippen LogP contribution in [0.25, 0.3) is 10.8 Å². The molecule has 0 radical (unpaired) electrons. The molecule has 0 saturated carbocycles. The zero-order valence-corrected chi connectivity index (χ0v) is 16.6. The van der Waals surface area contributed by atoms with E-state index in [1.54, 1.807) is 0 Å². The molecule has 5 heteroatoms. The van der Waals surface area contributed by atoms with E-state index in [1.165, 1.54) is 0 Å². The number of rotatable bonds is 9. The number of carboxylic acid groups (broad SMARTS) is 1. The predicted molar refractivity (Wildman–Crippen MR) is 113 cm³/mol. The van der Waals surface area contributed by atoms with Gasteiger partial charge in [0.1, 0.15) is 0 Å². The molecule has 0 aromatic heterocycles. The van der Waals surface area contributed by atoms with Gasteiger partial charge in [0.15, 0.2) is 0 Å². The van der Waals surface area contributed by atoms with Gasteiger partial charge in [-0.25, -0.2) is 0 Å². The lowest BCUT2D eigenvalue weighted by molar-refractivity contribution is -0.137. The molecule has 0 fully saturated rings. The van der Waals surface area contributed by atoms with Crippen LogP contribution in [0, 0.1) is 0 Å². The number of fused-ring (bicyclic) bond motifs is 1. The molecule has 146 valence electrons. The summed E-state index contributed by atoms with van der Waals surface area (Å²) in [4.78, 5) is 21.6. The van der Waals surface area contributed by atoms with Crippen molar-refractivity contribution in [1.29, 1.82) is 0 Å². The second kappa shape index (κ2) is 9.18. The van der Waals surface area contributed by atoms with Gasteiger partial charge in [-0.15, -0.1) is 0 Å². The fraction of sp³-hybridized carbons (Fsp3) is 0.261. The molecule has 0 amide bonds. The Morgan fingerprint density at radius 3 is 2.32 bits per heavy atom. The van der Waals surface area contributed by atoms with Crippen molar-refractivity contribution in [3.8, 4) is 0 Å². The van der Waals surface area contributed by atoms with Crippen molar-refractivity contribution in [2.75, 3.05) is 6.16 Å². The third-order valence-electron chi connectivity index (χ3n) is 4.97. The van der Waals surface area contributed by atoms with Gasteiger partial charge in [-0.1, -0.05) is 72.8 Å². The molecule has 4 nitrogen and oxygen atoms in total. The standard InChI is InChI=1S/C23H25O4P/c24-23(25)12-6-11-22(17-28(26,27)16-18-7-2-1-3-8-18)21-14-13-19-9-4-5-10-20(19)15-21/h1-5,7-10,13-15,22H,6,11-12,16-17H2,(H,24,25)(H,26,27). The molecule has 2 atom stereocenters. The van der Waals surface area contributed by atoms with E-state index in [0.717, 1.165) is 21.9 Å². The summed E-state index contributed by atoms with van der Waals surface area (Å²) < 4.78 is 13.0. The van der Waals surface area contributed by atoms with Gasteiger partial charge in [0, 0.05) is 18.7 Å². The lowest BCUT2D eigenvalue weighted by atomic mass is 9.93. The van der Waals surface area contributed by atoms with Crippen LogP contribution in [-0.2, 0) is 15.5 Å². The average Bonchev–Trinajstić information content (AvgIpc) is 2.67. The lowest BCUT2D eigenvalue weighted by Crippen LogP contribution is -2.08. The highest BCUT2D eigenvalue weighted by molar-refractivity contribution is 7.57. The molecule has 0 saturated heterocycles. The largest absolute Gasteiger partial charge is 0.481 e. The second-order valence-electron chi connectivity index (χ2n) is 7.26. The second-order valence-corrected chi connectivity index (χ2v) is 9.64. The monoisotopic (exact) mass is 396 g/mol. The summed E-state index contributed by atoms with van der Waals surface area (Å²) >= 11 is 0. The number of aliphatic carboxylic acids is 1. The van der Waals surface area contributed by atoms with Crippen molar-refractivity contribution >= 4 is 24.1 Å². The summed E-state index contributed by atoms with van der Waals surface area (Å²) in [5, 5.41) is 11.2. The smallest absolute Gasteiger partial charge is 0.303 e. The predicted octanol–water partition coefficient (Wildman–Crippen LogP) is 5.65. The molecular formula is C23H25O4P. The first-order chi connectivity index (χ1) is 13.4. The number of carboxylic acids is 1. The van der Waals surface area contributed by atoms with Crippen LogP contribution in [0.15, 0.2) is 72.8 Å². The molecular weight excluding hydrogens is 371 g/mol. The van der Waals surface area contributed by atoms with Crippen LogP contribution in [-0.4, -0.2) is 22.1 Å². The molecule has 0 aliphatic heterocycles. The first-order valence-electron chi connectivity index (χ1n) is 9.48. The first-order valence-corrected chi connectivity index (χ1v) is 11.5. The maximum absolute atomic E-state index is 13.0. The topological polar surface area (TPSA) is 74.6 Å². The van der Waals surface area contributed by atoms with Crippen LogP contribution in [0.5, 0.6) is 0 Å². The van der Waals surface area contributed by atoms with E-state index < -0.39 is 13.3 Å². The van der Waals surface area contributed by atoms with E-state index in [2.05, 4.69) is 6.07 Å². The van der Waals surface area contributed by atoms with Crippen LogP contribution in [0.2, 0.25) is 0 Å². The van der Waals surface area contributed by atoms with E-state index in [9.17, 15) is 14.3 Å². The van der Waals surface area contributed by atoms with Crippen molar-refractivity contribution < 1.29 is 19.4 Å². The van der Waals surface area contributed by atoms with E-state index in [1.807, 2.05) is 66.7 Å². The van der Waals surface area contributed by atoms with Gasteiger partial charge in [-0.3, -0.25) is 9.36 Å². The minimum Gasteiger partial charge on any atom is -0.481 e. The summed E-state index contributed by atoms with van der Waals surface area (Å²) in [5.74, 6) is -0.989. The summed E-state index contributed by atoms with van der Waals surface area (Å²) in [6.45, 7) is 0. The molecule has 28 heavy (non-hydrogen) atoms. The van der Waals surface area contributed by atoms with E-state index in [-0.39, 0.29) is 24.7 Å². The zero-order valence-electron chi connectivity index (χ0n) is 15.7. The summed E-state index contributed by atoms with van der Waals surface area (Å²) in [6.07, 6.45) is 1.41. The Hall–Kier alpha value is -2.42. The van der Waals surface area contributed by atoms with Gasteiger partial charge in [-0.2, -0.15) is 0 Å². The molecule has 0 heterocycles. The fourth-order valence-electron chi connectivity index (χ4n) is 3.60. The third-order valence-corrected chi connectivity index (χ3v) is 6.84. The molecule has 0 bridgehead atoms. The van der Waals surface area contributed by atoms with Gasteiger partial charge >= 0.3 is 5.97 Å². The maximum atomic E-state index is 13.0. The molecule has 0 aliphatic rings. The highest BCUT2D eigenvalue weighted by Crippen LogP contribution is 2.49. The molecule has 3 rings (SSSR count). The highest BCUT2D eigenvalue weighted by Gasteiger charge is 2.26. The Balaban J connectivity index is 1.82. The molecule has 2 unspecified atom stereocenters. The van der Waals surface area contributed by atoms with Crippen molar-refractivity contribution in [3.05, 3.63) is 83.9 Å². The SMILES string of the molecule is O=C(O)CCCC(CP(=O)(O)Cc1ccccc1)c1ccc2ccccc2c1. The Labute approximate surface area is 165 Å². The Morgan fingerprint density at radius 1 is 0.929 bits per heavy atom. The van der Waals surface area contributed by atoms with Crippen LogP contribution < -0.4 is 0 Å². The van der Waals surface area contributed by atoms with Crippen LogP contribution in [0.3, 0.4) is 0 Å². The molecule has 3 aromatic carbocycles. The summed E-state index contributed by atoms with van der Waals surface area (Å²) in [7, 11) is -3.41. The Kier molecular flexibility index (Phi) is 6.66. The summed E-state index contributed by atoms with van der Waals surface area (Å²) in [5.41, 5.74) is 1.84. The van der Waals surface area contributed by atoms with Crippen molar-refractivity contribution in [3.63, 3.8) is 0 Å². The Morgan fingerprint density at radius 2 is 1.61 bits per heavy atom. The zero-order chi connectivity index (χ0) is 20.0. The minimum atomic E-state index is -3.41. The van der Waals surface area contributed by atoms with Crippen LogP contribution in [0.4, 0.5) is 0 Å². The quantitative estimate of drug-likeness (QED) is 0.459. The van der Waals surface area contributed by atoms with Crippen molar-refractivity contribution in [1.82, 2.24) is 0 Å². The minimum absolute atomic E-state index is 0.0680. The molecule has 3 aromatic rings. The highest BCUT2D eigenvalue weighted by atomic mass is 31.2. The lowest BCUT2D eigenvalue weighted by Gasteiger charge is -2.21. The van der Waals surface area contributed by atoms with Crippen LogP contribution >= 0.6 is 7.37 Å². The van der Waals surface area contributed by atoms with E-state index in [4.69, 9.17) is 5.11 Å². The Bertz CT molecular complexity index is 984. The molecule has 2 N–H and O–H groups in total. The number of carbonyl (C=O) groups is 1. The number of hydrogen-bond acceptors (Lipinski definition) is 2. The van der Waals surface area contributed by atoms with Crippen LogP contribution in [0.1, 0.15) is 36.3 Å². The molecule has 0 aliphatic carbocycles. The van der Waals surface area contributed by atoms with Gasteiger partial charge in [0.05, 0.1) is 0 Å². The first kappa shape index (κ1) is 20.3. The third kappa shape index (κ3) is 5.79. The van der Waals surface area contributed by atoms with Gasteiger partial charge in [-0.05, 0) is 40.7 Å². The van der Waals surface area contributed by atoms with Crippen molar-refractivity contribution in [2.24, 2.45) is 0 Å². The van der Waals surface area contributed by atoms with Crippen molar-refractivity contribution in [2.45, 2.75) is 31.3 Å². The van der Waals surface area contributed by atoms with Gasteiger partial charge < -0.3 is 10.00 Å². The van der Waals surface area contributed by atoms with E-state index >= 15 is 0 Å². The number of hydrogen-bond donors (Lipinski definition) is 2. The normalized spacial score (nSPS) is 14.5. The van der Waals surface area contributed by atoms with Gasteiger partial charge in [0.25, 0.3) is 0 Å². The number of benzene rings is 3. The summed E-state index contributed by atoms with van der Waals surface area (Å²) in [6, 6.07) is 23.4. The molecule has 0 spiro atoms. The average molecular weight is 396 g/mol. The maximum Gasteiger partial charge on any atom is 0.303 e. The fourth-order valence-corrected chi connectivity index (χ4v) is 5.60. The van der Waals surface area contributed by atoms with E-state index in [0.29, 0.717) is 12.8 Å². The van der Waals surface area contributed by atoms with Gasteiger partial charge in [0.2, 0.25) is 7.37 Å².